The van der Waals surface area contributed by atoms with Crippen LogP contribution in [0.2, 0.25) is 5.02 Å². The van der Waals surface area contributed by atoms with E-state index in [2.05, 4.69) is 22.4 Å². The number of thioether (sulfide) groups is 2. The molecule has 1 N–H and O–H groups in total. The number of hydrogen-bond donors (Lipinski definition) is 1. The molecule has 1 aromatic heterocycles. The van der Waals surface area contributed by atoms with Crippen molar-refractivity contribution < 1.29 is 4.79 Å². The molecule has 0 radical (unpaired) electrons. The molecule has 0 spiro atoms. The smallest absolute Gasteiger partial charge is 0.230 e. The lowest BCUT2D eigenvalue weighted by atomic mass is 10.1. The summed E-state index contributed by atoms with van der Waals surface area (Å²) in [5.41, 5.74) is 1.03. The molecule has 118 valence electrons. The number of halogens is 1. The van der Waals surface area contributed by atoms with Gasteiger partial charge in [0, 0.05) is 5.02 Å². The van der Waals surface area contributed by atoms with Crippen LogP contribution >= 0.6 is 46.5 Å². The Balaban J connectivity index is 1.80. The molecular formula is C14H16ClN3OS3. The maximum Gasteiger partial charge on any atom is 0.230 e. The number of aromatic nitrogens is 2. The summed E-state index contributed by atoms with van der Waals surface area (Å²) >= 11 is 10.5. The van der Waals surface area contributed by atoms with Crippen molar-refractivity contribution in [2.24, 2.45) is 0 Å². The predicted molar refractivity (Wildman–Crippen MR) is 95.0 cm³/mol. The quantitative estimate of drug-likeness (QED) is 0.734. The van der Waals surface area contributed by atoms with Crippen LogP contribution in [0.5, 0.6) is 0 Å². The number of carbonyl (C=O) groups is 1. The summed E-state index contributed by atoms with van der Waals surface area (Å²) in [6.07, 6.45) is 0. The second-order valence-corrected chi connectivity index (χ2v) is 8.54. The van der Waals surface area contributed by atoms with Crippen LogP contribution in [-0.4, -0.2) is 27.6 Å². The van der Waals surface area contributed by atoms with Gasteiger partial charge in [0.1, 0.15) is 0 Å². The minimum Gasteiger partial charge on any atom is -0.349 e. The monoisotopic (exact) mass is 373 g/mol. The second kappa shape index (κ2) is 8.76. The molecule has 22 heavy (non-hydrogen) atoms. The molecule has 1 unspecified atom stereocenters. The highest BCUT2D eigenvalue weighted by molar-refractivity contribution is 8.03. The lowest BCUT2D eigenvalue weighted by molar-refractivity contribution is -0.119. The van der Waals surface area contributed by atoms with Gasteiger partial charge in [-0.1, -0.05) is 65.5 Å². The van der Waals surface area contributed by atoms with Crippen LogP contribution in [0.15, 0.2) is 32.9 Å². The Bertz CT molecular complexity index is 618. The second-order valence-electron chi connectivity index (χ2n) is 4.40. The minimum absolute atomic E-state index is 0.0210. The third-order valence-corrected chi connectivity index (χ3v) is 6.05. The van der Waals surface area contributed by atoms with Gasteiger partial charge >= 0.3 is 0 Å². The van der Waals surface area contributed by atoms with E-state index in [-0.39, 0.29) is 11.9 Å². The fourth-order valence-electron chi connectivity index (χ4n) is 1.68. The molecule has 0 bridgehead atoms. The lowest BCUT2D eigenvalue weighted by Crippen LogP contribution is -2.28. The molecule has 0 saturated carbocycles. The highest BCUT2D eigenvalue weighted by Crippen LogP contribution is 2.28. The maximum atomic E-state index is 12.0. The predicted octanol–water partition coefficient (Wildman–Crippen LogP) is 4.27. The van der Waals surface area contributed by atoms with Gasteiger partial charge in [-0.3, -0.25) is 4.79 Å². The molecule has 1 heterocycles. The highest BCUT2D eigenvalue weighted by atomic mass is 35.5. The standard InChI is InChI=1S/C14H16ClN3OS3/c1-3-20-13-17-18-14(22-13)21-8-12(19)16-9(2)10-4-6-11(15)7-5-10/h4-7,9H,3,8H2,1-2H3,(H,16,19). The van der Waals surface area contributed by atoms with Crippen LogP contribution in [0, 0.1) is 0 Å². The molecule has 0 aliphatic carbocycles. The normalized spacial score (nSPS) is 12.1. The SMILES string of the molecule is CCSc1nnc(SCC(=O)NC(C)c2ccc(Cl)cc2)s1. The van der Waals surface area contributed by atoms with Crippen molar-refractivity contribution in [3.8, 4) is 0 Å². The van der Waals surface area contributed by atoms with E-state index in [9.17, 15) is 4.79 Å². The van der Waals surface area contributed by atoms with E-state index in [1.165, 1.54) is 23.1 Å². The summed E-state index contributed by atoms with van der Waals surface area (Å²) < 4.78 is 1.77. The third-order valence-electron chi connectivity index (χ3n) is 2.73. The summed E-state index contributed by atoms with van der Waals surface area (Å²) in [7, 11) is 0. The van der Waals surface area contributed by atoms with Crippen LogP contribution in [0.25, 0.3) is 0 Å². The van der Waals surface area contributed by atoms with E-state index < -0.39 is 0 Å². The van der Waals surface area contributed by atoms with E-state index in [1.54, 1.807) is 11.8 Å². The van der Waals surface area contributed by atoms with Crippen LogP contribution in [0.1, 0.15) is 25.5 Å². The number of hydrogen-bond acceptors (Lipinski definition) is 6. The van der Waals surface area contributed by atoms with Crippen LogP contribution < -0.4 is 5.32 Å². The van der Waals surface area contributed by atoms with E-state index in [0.717, 1.165) is 20.0 Å². The van der Waals surface area contributed by atoms with Crippen molar-refractivity contribution in [3.63, 3.8) is 0 Å². The van der Waals surface area contributed by atoms with Gasteiger partial charge in [0.25, 0.3) is 0 Å². The Labute approximate surface area is 147 Å². The van der Waals surface area contributed by atoms with Crippen LogP contribution in [0.4, 0.5) is 0 Å². The van der Waals surface area contributed by atoms with Gasteiger partial charge in [-0.05, 0) is 30.4 Å². The topological polar surface area (TPSA) is 54.9 Å². The largest absolute Gasteiger partial charge is 0.349 e. The molecule has 0 aliphatic rings. The van der Waals surface area contributed by atoms with E-state index in [0.29, 0.717) is 10.8 Å². The summed E-state index contributed by atoms with van der Waals surface area (Å²) in [5.74, 6) is 1.29. The molecule has 1 aromatic carbocycles. The molecule has 2 rings (SSSR count). The highest BCUT2D eigenvalue weighted by Gasteiger charge is 2.12. The lowest BCUT2D eigenvalue weighted by Gasteiger charge is -2.13. The van der Waals surface area contributed by atoms with Crippen molar-refractivity contribution in [3.05, 3.63) is 34.9 Å². The molecule has 1 atom stereocenters. The van der Waals surface area contributed by atoms with Gasteiger partial charge in [0.05, 0.1) is 11.8 Å². The Hall–Kier alpha value is -0.760. The number of nitrogens with zero attached hydrogens (tertiary/aromatic N) is 2. The van der Waals surface area contributed by atoms with Crippen molar-refractivity contribution in [2.45, 2.75) is 28.6 Å². The summed E-state index contributed by atoms with van der Waals surface area (Å²) in [5, 5.41) is 11.8. The summed E-state index contributed by atoms with van der Waals surface area (Å²) in [6.45, 7) is 4.03. The van der Waals surface area contributed by atoms with Gasteiger partial charge in [0.2, 0.25) is 5.91 Å². The van der Waals surface area contributed by atoms with Crippen LogP contribution in [0.3, 0.4) is 0 Å². The maximum absolute atomic E-state index is 12.0. The van der Waals surface area contributed by atoms with Crippen molar-refractivity contribution in [1.82, 2.24) is 15.5 Å². The Morgan fingerprint density at radius 3 is 2.55 bits per heavy atom. The first kappa shape index (κ1) is 17.6. The van der Waals surface area contributed by atoms with Crippen LogP contribution in [-0.2, 0) is 4.79 Å². The average Bonchev–Trinajstić information content (AvgIpc) is 2.94. The van der Waals surface area contributed by atoms with Gasteiger partial charge in [0.15, 0.2) is 8.68 Å². The molecule has 2 aromatic rings. The number of nitrogens with one attached hydrogen (secondary N) is 1. The zero-order chi connectivity index (χ0) is 15.9. The zero-order valence-corrected chi connectivity index (χ0v) is 15.4. The molecule has 8 heteroatoms. The fraction of sp³-hybridized carbons (Fsp3) is 0.357. The average molecular weight is 374 g/mol. The van der Waals surface area contributed by atoms with Crippen molar-refractivity contribution in [1.29, 1.82) is 0 Å². The first-order valence-corrected chi connectivity index (χ1v) is 9.89. The first-order valence-electron chi connectivity index (χ1n) is 6.72. The number of amides is 1. The van der Waals surface area contributed by atoms with E-state index in [4.69, 9.17) is 11.6 Å². The number of benzene rings is 1. The molecule has 0 fully saturated rings. The molecule has 0 aliphatic heterocycles. The van der Waals surface area contributed by atoms with E-state index >= 15 is 0 Å². The third kappa shape index (κ3) is 5.46. The number of rotatable bonds is 7. The van der Waals surface area contributed by atoms with Gasteiger partial charge in [-0.15, -0.1) is 10.2 Å². The van der Waals surface area contributed by atoms with E-state index in [1.807, 2.05) is 31.2 Å². The molecular weight excluding hydrogens is 358 g/mol. The van der Waals surface area contributed by atoms with Crippen molar-refractivity contribution >= 4 is 52.4 Å². The molecule has 4 nitrogen and oxygen atoms in total. The van der Waals surface area contributed by atoms with Gasteiger partial charge in [-0.25, -0.2) is 0 Å². The summed E-state index contributed by atoms with van der Waals surface area (Å²) in [6, 6.07) is 7.43. The zero-order valence-electron chi connectivity index (χ0n) is 12.2. The minimum atomic E-state index is -0.0500. The Morgan fingerprint density at radius 2 is 1.91 bits per heavy atom. The summed E-state index contributed by atoms with van der Waals surface area (Å²) in [4.78, 5) is 12.0. The number of carbonyl (C=O) groups excluding carboxylic acids is 1. The fourth-order valence-corrected chi connectivity index (χ4v) is 4.54. The Morgan fingerprint density at radius 1 is 1.27 bits per heavy atom. The van der Waals surface area contributed by atoms with Gasteiger partial charge < -0.3 is 5.32 Å². The molecule has 1 amide bonds. The van der Waals surface area contributed by atoms with Crippen molar-refractivity contribution in [2.75, 3.05) is 11.5 Å². The van der Waals surface area contributed by atoms with Gasteiger partial charge in [-0.2, -0.15) is 0 Å². The first-order chi connectivity index (χ1) is 10.6. The molecule has 0 saturated heterocycles. The Kier molecular flexibility index (Phi) is 7.01.